The van der Waals surface area contributed by atoms with Gasteiger partial charge in [-0.15, -0.1) is 0 Å². The van der Waals surface area contributed by atoms with Crippen LogP contribution >= 0.6 is 0 Å². The molecule has 6 nitrogen and oxygen atoms in total. The van der Waals surface area contributed by atoms with Gasteiger partial charge in [-0.3, -0.25) is 4.79 Å². The third-order valence-corrected chi connectivity index (χ3v) is 3.77. The van der Waals surface area contributed by atoms with E-state index in [-0.39, 0.29) is 12.5 Å². The number of urea groups is 1. The molecular weight excluding hydrogens is 258 g/mol. The fourth-order valence-electron chi connectivity index (χ4n) is 2.49. The second-order valence-electron chi connectivity index (χ2n) is 5.89. The van der Waals surface area contributed by atoms with Crippen LogP contribution in [-0.2, 0) is 4.79 Å². The van der Waals surface area contributed by atoms with Crippen molar-refractivity contribution in [2.75, 3.05) is 47.3 Å². The number of likely N-dealkylation sites (N-methyl/N-ethyl adjacent to an activating group) is 2. The first kappa shape index (κ1) is 16.8. The predicted octanol–water partition coefficient (Wildman–Crippen LogP) is 1.18. The maximum atomic E-state index is 12.3. The zero-order valence-electron chi connectivity index (χ0n) is 12.8. The number of nitrogens with zero attached hydrogens (tertiary/aromatic N) is 3. The Balaban J connectivity index is 2.41. The highest BCUT2D eigenvalue weighted by molar-refractivity contribution is 5.74. The molecule has 0 aliphatic carbocycles. The lowest BCUT2D eigenvalue weighted by atomic mass is 9.93. The van der Waals surface area contributed by atoms with Gasteiger partial charge >= 0.3 is 12.0 Å². The number of hydrogen-bond donors (Lipinski definition) is 1. The molecule has 0 aromatic rings. The molecule has 2 amide bonds. The molecule has 0 aromatic heterocycles. The van der Waals surface area contributed by atoms with Gasteiger partial charge in [0.05, 0.1) is 0 Å². The lowest BCUT2D eigenvalue weighted by molar-refractivity contribution is -0.137. The molecule has 0 aromatic carbocycles. The predicted molar refractivity (Wildman–Crippen MR) is 77.7 cm³/mol. The highest BCUT2D eigenvalue weighted by atomic mass is 16.4. The first-order chi connectivity index (χ1) is 9.40. The molecule has 1 heterocycles. The Bertz CT molecular complexity index is 334. The molecule has 1 aliphatic heterocycles. The van der Waals surface area contributed by atoms with Crippen LogP contribution in [0.2, 0.25) is 0 Å². The minimum atomic E-state index is -0.753. The van der Waals surface area contributed by atoms with Gasteiger partial charge in [0.15, 0.2) is 0 Å². The van der Waals surface area contributed by atoms with E-state index in [0.29, 0.717) is 25.4 Å². The molecule has 0 spiro atoms. The highest BCUT2D eigenvalue weighted by Crippen LogP contribution is 2.21. The zero-order valence-corrected chi connectivity index (χ0v) is 12.8. The van der Waals surface area contributed by atoms with Gasteiger partial charge in [-0.25, -0.2) is 4.79 Å². The average molecular weight is 285 g/mol. The van der Waals surface area contributed by atoms with Crippen molar-refractivity contribution >= 4 is 12.0 Å². The summed E-state index contributed by atoms with van der Waals surface area (Å²) in [5.74, 6) is -0.428. The first-order valence-electron chi connectivity index (χ1n) is 7.26. The van der Waals surface area contributed by atoms with Gasteiger partial charge in [0, 0.05) is 39.6 Å². The van der Waals surface area contributed by atoms with Crippen LogP contribution in [0.4, 0.5) is 4.79 Å². The Labute approximate surface area is 121 Å². The van der Waals surface area contributed by atoms with Crippen molar-refractivity contribution in [1.29, 1.82) is 0 Å². The van der Waals surface area contributed by atoms with Gasteiger partial charge in [0.1, 0.15) is 0 Å². The summed E-state index contributed by atoms with van der Waals surface area (Å²) in [5, 5.41) is 8.74. The number of hydrogen-bond acceptors (Lipinski definition) is 3. The second kappa shape index (κ2) is 8.09. The number of piperidine rings is 1. The van der Waals surface area contributed by atoms with E-state index in [4.69, 9.17) is 5.11 Å². The number of amides is 2. The Morgan fingerprint density at radius 3 is 2.55 bits per heavy atom. The minimum absolute atomic E-state index is 0.0619. The molecule has 1 aliphatic rings. The van der Waals surface area contributed by atoms with Crippen molar-refractivity contribution in [3.63, 3.8) is 0 Å². The van der Waals surface area contributed by atoms with Gasteiger partial charge in [-0.1, -0.05) is 0 Å². The molecule has 1 N–H and O–H groups in total. The molecular formula is C14H27N3O3. The van der Waals surface area contributed by atoms with Crippen LogP contribution in [0.1, 0.15) is 25.7 Å². The van der Waals surface area contributed by atoms with E-state index in [1.807, 2.05) is 26.0 Å². The largest absolute Gasteiger partial charge is 0.481 e. The van der Waals surface area contributed by atoms with Crippen LogP contribution in [0, 0.1) is 5.92 Å². The fraction of sp³-hybridized carbons (Fsp3) is 0.857. The summed E-state index contributed by atoms with van der Waals surface area (Å²) < 4.78 is 0. The van der Waals surface area contributed by atoms with Crippen molar-refractivity contribution in [2.45, 2.75) is 25.7 Å². The lowest BCUT2D eigenvalue weighted by Gasteiger charge is -2.35. The van der Waals surface area contributed by atoms with Gasteiger partial charge in [0.25, 0.3) is 0 Å². The number of likely N-dealkylation sites (tertiary alicyclic amines) is 1. The van der Waals surface area contributed by atoms with Gasteiger partial charge < -0.3 is 19.8 Å². The third kappa shape index (κ3) is 5.77. The first-order valence-corrected chi connectivity index (χ1v) is 7.26. The van der Waals surface area contributed by atoms with E-state index in [2.05, 4.69) is 4.90 Å². The number of rotatable bonds is 6. The summed E-state index contributed by atoms with van der Waals surface area (Å²) >= 11 is 0. The molecule has 0 radical (unpaired) electrons. The molecule has 1 saturated heterocycles. The lowest BCUT2D eigenvalue weighted by Crippen LogP contribution is -2.47. The Kier molecular flexibility index (Phi) is 6.78. The number of carboxylic acids is 1. The van der Waals surface area contributed by atoms with Crippen molar-refractivity contribution < 1.29 is 14.7 Å². The Morgan fingerprint density at radius 2 is 1.95 bits per heavy atom. The summed E-state index contributed by atoms with van der Waals surface area (Å²) in [7, 11) is 5.80. The molecule has 1 fully saturated rings. The molecule has 6 heteroatoms. The Hall–Kier alpha value is -1.30. The SMILES string of the molecule is CN(C)CCN(C)C(=O)N1CCCC(CCC(=O)O)C1. The summed E-state index contributed by atoms with van der Waals surface area (Å²) in [5.41, 5.74) is 0. The monoisotopic (exact) mass is 285 g/mol. The van der Waals surface area contributed by atoms with Crippen LogP contribution in [0.3, 0.4) is 0 Å². The van der Waals surface area contributed by atoms with E-state index in [0.717, 1.165) is 25.9 Å². The minimum Gasteiger partial charge on any atom is -0.481 e. The van der Waals surface area contributed by atoms with E-state index in [1.165, 1.54) is 0 Å². The van der Waals surface area contributed by atoms with E-state index < -0.39 is 5.97 Å². The van der Waals surface area contributed by atoms with Crippen LogP contribution in [0.5, 0.6) is 0 Å². The Morgan fingerprint density at radius 1 is 1.25 bits per heavy atom. The zero-order chi connectivity index (χ0) is 15.1. The fourth-order valence-corrected chi connectivity index (χ4v) is 2.49. The second-order valence-corrected chi connectivity index (χ2v) is 5.89. The number of carbonyl (C=O) groups is 2. The van der Waals surface area contributed by atoms with Crippen LogP contribution in [0.25, 0.3) is 0 Å². The molecule has 1 unspecified atom stereocenters. The van der Waals surface area contributed by atoms with E-state index in [9.17, 15) is 9.59 Å². The number of carbonyl (C=O) groups excluding carboxylic acids is 1. The molecule has 1 rings (SSSR count). The molecule has 1 atom stereocenters. The normalized spacial score (nSPS) is 19.2. The maximum absolute atomic E-state index is 12.3. The summed E-state index contributed by atoms with van der Waals surface area (Å²) in [6.45, 7) is 3.04. The van der Waals surface area contributed by atoms with Gasteiger partial charge in [-0.2, -0.15) is 0 Å². The molecule has 0 saturated carbocycles. The number of carboxylic acid groups (broad SMARTS) is 1. The number of aliphatic carboxylic acids is 1. The van der Waals surface area contributed by atoms with Crippen LogP contribution < -0.4 is 0 Å². The third-order valence-electron chi connectivity index (χ3n) is 3.77. The summed E-state index contributed by atoms with van der Waals surface area (Å²) in [6, 6.07) is 0.0619. The van der Waals surface area contributed by atoms with Gasteiger partial charge in [0.2, 0.25) is 0 Å². The van der Waals surface area contributed by atoms with E-state index in [1.54, 1.807) is 4.90 Å². The van der Waals surface area contributed by atoms with Crippen molar-refractivity contribution in [2.24, 2.45) is 5.92 Å². The standard InChI is InChI=1S/C14H27N3O3/c1-15(2)9-10-16(3)14(20)17-8-4-5-12(11-17)6-7-13(18)19/h12H,4-11H2,1-3H3,(H,18,19). The topological polar surface area (TPSA) is 64.1 Å². The quantitative estimate of drug-likeness (QED) is 0.796. The van der Waals surface area contributed by atoms with Crippen molar-refractivity contribution in [3.05, 3.63) is 0 Å². The van der Waals surface area contributed by atoms with Crippen LogP contribution in [-0.4, -0.2) is 79.1 Å². The van der Waals surface area contributed by atoms with Crippen molar-refractivity contribution in [1.82, 2.24) is 14.7 Å². The summed E-state index contributed by atoms with van der Waals surface area (Å²) in [4.78, 5) is 28.6. The average Bonchev–Trinajstić information content (AvgIpc) is 2.42. The van der Waals surface area contributed by atoms with Crippen molar-refractivity contribution in [3.8, 4) is 0 Å². The summed E-state index contributed by atoms with van der Waals surface area (Å²) in [6.07, 6.45) is 2.86. The van der Waals surface area contributed by atoms with E-state index >= 15 is 0 Å². The highest BCUT2D eigenvalue weighted by Gasteiger charge is 2.25. The van der Waals surface area contributed by atoms with Crippen LogP contribution in [0.15, 0.2) is 0 Å². The van der Waals surface area contributed by atoms with Gasteiger partial charge in [-0.05, 0) is 39.3 Å². The smallest absolute Gasteiger partial charge is 0.319 e. The molecule has 0 bridgehead atoms. The molecule has 20 heavy (non-hydrogen) atoms. The molecule has 116 valence electrons. The maximum Gasteiger partial charge on any atom is 0.319 e.